The summed E-state index contributed by atoms with van der Waals surface area (Å²) in [6, 6.07) is 3.18. The Bertz CT molecular complexity index is 268. The van der Waals surface area contributed by atoms with E-state index in [1.807, 2.05) is 0 Å². The summed E-state index contributed by atoms with van der Waals surface area (Å²) in [7, 11) is 0. The Morgan fingerprint density at radius 1 is 1.73 bits per heavy atom. The Balaban J connectivity index is 2.64. The van der Waals surface area contributed by atoms with Crippen LogP contribution in [-0.2, 0) is 0 Å². The van der Waals surface area contributed by atoms with E-state index in [0.717, 1.165) is 0 Å². The van der Waals surface area contributed by atoms with Gasteiger partial charge in [0.1, 0.15) is 0 Å². The van der Waals surface area contributed by atoms with Gasteiger partial charge in [-0.1, -0.05) is 0 Å². The van der Waals surface area contributed by atoms with Crippen LogP contribution in [0.25, 0.3) is 0 Å². The van der Waals surface area contributed by atoms with Gasteiger partial charge in [0.2, 0.25) is 0 Å². The Hall–Kier alpha value is -1.06. The van der Waals surface area contributed by atoms with Gasteiger partial charge in [0.25, 0.3) is 0 Å². The topological polar surface area (TPSA) is 68.3 Å². The van der Waals surface area contributed by atoms with Crippen molar-refractivity contribution in [2.24, 2.45) is 5.73 Å². The third-order valence-corrected chi connectivity index (χ3v) is 1.20. The number of amides is 1. The van der Waals surface area contributed by atoms with E-state index >= 15 is 0 Å². The van der Waals surface area contributed by atoms with Crippen LogP contribution >= 0.6 is 0 Å². The summed E-state index contributed by atoms with van der Waals surface area (Å²) in [5.41, 5.74) is 5.19. The number of nitrogens with two attached hydrogens (primary N) is 1. The van der Waals surface area contributed by atoms with Crippen LogP contribution in [-0.4, -0.2) is 26.1 Å². The molecule has 0 saturated carbocycles. The van der Waals surface area contributed by atoms with Crippen LogP contribution in [0.5, 0.6) is 0 Å². The van der Waals surface area contributed by atoms with E-state index in [1.54, 1.807) is 12.1 Å². The average molecular weight is 217 g/mol. The second-order valence-electron chi connectivity index (χ2n) is 1.80. The zero-order valence-corrected chi connectivity index (χ0v) is 7.25. The predicted octanol–water partition coefficient (Wildman–Crippen LogP) is -0.776. The van der Waals surface area contributed by atoms with Crippen molar-refractivity contribution in [3.8, 4) is 0 Å². The molecule has 0 fully saturated rings. The molecule has 0 bridgehead atoms. The first kappa shape index (κ1) is 8.04. The predicted molar refractivity (Wildman–Crippen MR) is 41.1 cm³/mol. The van der Waals surface area contributed by atoms with Crippen molar-refractivity contribution in [3.63, 3.8) is 0 Å². The van der Waals surface area contributed by atoms with Crippen LogP contribution in [0.4, 0.5) is 0 Å². The molecule has 4 nitrogen and oxygen atoms in total. The number of nitrogens with one attached hydrogen (secondary N) is 1. The van der Waals surface area contributed by atoms with Gasteiger partial charge in [-0.3, -0.25) is 0 Å². The van der Waals surface area contributed by atoms with Crippen LogP contribution in [0.3, 0.4) is 0 Å². The van der Waals surface area contributed by atoms with Gasteiger partial charge in [0.05, 0.1) is 0 Å². The SMILES string of the molecule is NC(=[Se])NC(=O)c1ccco1. The summed E-state index contributed by atoms with van der Waals surface area (Å²) < 4.78 is 5.03. The Morgan fingerprint density at radius 2 is 2.45 bits per heavy atom. The average Bonchev–Trinajstić information content (AvgIpc) is 2.35. The molecule has 0 aliphatic carbocycles. The molecular weight excluding hydrogens is 211 g/mol. The summed E-state index contributed by atoms with van der Waals surface area (Å²) in [6.07, 6.45) is 1.42. The van der Waals surface area contributed by atoms with Crippen LogP contribution < -0.4 is 11.1 Å². The molecule has 0 aliphatic heterocycles. The quantitative estimate of drug-likeness (QED) is 0.639. The molecule has 3 N–H and O–H groups in total. The molecular formula is C6H6N2O2Se. The fourth-order valence-corrected chi connectivity index (χ4v) is 0.776. The fraction of sp³-hybridized carbons (Fsp3) is 0. The summed E-state index contributed by atoms with van der Waals surface area (Å²) in [5, 5.41) is 2.35. The summed E-state index contributed by atoms with van der Waals surface area (Å²) in [5.74, 6) is -0.116. The van der Waals surface area contributed by atoms with Crippen molar-refractivity contribution < 1.29 is 9.21 Å². The first-order valence-electron chi connectivity index (χ1n) is 2.84. The molecule has 0 aliphatic rings. The van der Waals surface area contributed by atoms with E-state index in [0.29, 0.717) is 0 Å². The summed E-state index contributed by atoms with van der Waals surface area (Å²) in [4.78, 5) is 11.0. The number of hydrogen-bond donors (Lipinski definition) is 2. The molecule has 1 aromatic heterocycles. The molecule has 0 atom stereocenters. The van der Waals surface area contributed by atoms with Gasteiger partial charge < -0.3 is 0 Å². The Kier molecular flexibility index (Phi) is 2.46. The molecule has 11 heavy (non-hydrogen) atoms. The first-order chi connectivity index (χ1) is 5.20. The molecule has 0 saturated heterocycles. The van der Waals surface area contributed by atoms with E-state index in [2.05, 4.69) is 20.9 Å². The molecule has 0 spiro atoms. The summed E-state index contributed by atoms with van der Waals surface area (Å²) >= 11 is 2.45. The maximum atomic E-state index is 11.0. The molecule has 0 unspecified atom stereocenters. The zero-order valence-electron chi connectivity index (χ0n) is 5.53. The zero-order chi connectivity index (χ0) is 8.27. The first-order valence-corrected chi connectivity index (χ1v) is 3.70. The molecule has 1 aromatic rings. The van der Waals surface area contributed by atoms with Gasteiger partial charge in [-0.15, -0.1) is 0 Å². The van der Waals surface area contributed by atoms with E-state index in [4.69, 9.17) is 10.2 Å². The minimum absolute atomic E-state index is 0.228. The van der Waals surface area contributed by atoms with Crippen molar-refractivity contribution in [3.05, 3.63) is 24.2 Å². The van der Waals surface area contributed by atoms with Crippen molar-refractivity contribution in [1.82, 2.24) is 5.32 Å². The third kappa shape index (κ3) is 2.22. The van der Waals surface area contributed by atoms with Gasteiger partial charge in [-0.2, -0.15) is 0 Å². The van der Waals surface area contributed by atoms with Crippen LogP contribution in [0.2, 0.25) is 0 Å². The number of carbonyl (C=O) groups is 1. The normalized spacial score (nSPS) is 9.09. The number of furan rings is 1. The molecule has 5 heteroatoms. The van der Waals surface area contributed by atoms with Gasteiger partial charge in [0.15, 0.2) is 0 Å². The van der Waals surface area contributed by atoms with Gasteiger partial charge in [0, 0.05) is 0 Å². The van der Waals surface area contributed by atoms with E-state index in [-0.39, 0.29) is 16.3 Å². The van der Waals surface area contributed by atoms with E-state index < -0.39 is 0 Å². The number of carbonyl (C=O) groups excluding carboxylic acids is 1. The fourth-order valence-electron chi connectivity index (χ4n) is 0.581. The number of hydrogen-bond acceptors (Lipinski definition) is 3. The van der Waals surface area contributed by atoms with Crippen molar-refractivity contribution >= 4 is 26.1 Å². The van der Waals surface area contributed by atoms with Crippen molar-refractivity contribution in [2.75, 3.05) is 0 Å². The molecule has 58 valence electrons. The maximum absolute atomic E-state index is 11.0. The van der Waals surface area contributed by atoms with Crippen molar-refractivity contribution in [1.29, 1.82) is 0 Å². The number of rotatable bonds is 2. The Labute approximate surface area is 71.1 Å². The minimum atomic E-state index is -0.355. The summed E-state index contributed by atoms with van der Waals surface area (Å²) in [6.45, 7) is 0. The Morgan fingerprint density at radius 3 is 2.91 bits per heavy atom. The van der Waals surface area contributed by atoms with E-state index in [9.17, 15) is 4.79 Å². The molecule has 1 heterocycles. The van der Waals surface area contributed by atoms with Gasteiger partial charge in [-0.25, -0.2) is 0 Å². The van der Waals surface area contributed by atoms with Crippen LogP contribution in [0.15, 0.2) is 22.8 Å². The molecule has 0 radical (unpaired) electrons. The molecule has 0 aromatic carbocycles. The van der Waals surface area contributed by atoms with Crippen molar-refractivity contribution in [2.45, 2.75) is 0 Å². The van der Waals surface area contributed by atoms with Gasteiger partial charge in [-0.05, 0) is 0 Å². The molecule has 1 amide bonds. The van der Waals surface area contributed by atoms with Crippen LogP contribution in [0.1, 0.15) is 10.6 Å². The van der Waals surface area contributed by atoms with E-state index in [1.165, 1.54) is 6.26 Å². The third-order valence-electron chi connectivity index (χ3n) is 0.982. The van der Waals surface area contributed by atoms with Crippen LogP contribution in [0, 0.1) is 0 Å². The van der Waals surface area contributed by atoms with Gasteiger partial charge >= 0.3 is 70.6 Å². The monoisotopic (exact) mass is 218 g/mol. The molecule has 1 rings (SSSR count). The second kappa shape index (κ2) is 3.37. The standard InChI is InChI=1S/C6H6N2O2Se/c7-6(11)8-5(9)4-2-1-3-10-4/h1-3H,(H3,7,8,9,11). The second-order valence-corrected chi connectivity index (χ2v) is 2.72.